The zero-order chi connectivity index (χ0) is 13.8. The van der Waals surface area contributed by atoms with Crippen molar-refractivity contribution in [1.29, 1.82) is 0 Å². The molecule has 6 heteroatoms. The number of amides is 2. The smallest absolute Gasteiger partial charge is 0.319 e. The van der Waals surface area contributed by atoms with Gasteiger partial charge in [-0.05, 0) is 25.0 Å². The Kier molecular flexibility index (Phi) is 4.50. The fraction of sp³-hybridized carbons (Fsp3) is 0.462. The van der Waals surface area contributed by atoms with E-state index in [-0.39, 0.29) is 12.1 Å². The van der Waals surface area contributed by atoms with Gasteiger partial charge in [-0.3, -0.25) is 0 Å². The molecule has 1 unspecified atom stereocenters. The molecule has 0 bridgehead atoms. The van der Waals surface area contributed by atoms with E-state index in [9.17, 15) is 4.79 Å². The lowest BCUT2D eigenvalue weighted by Gasteiger charge is -2.15. The van der Waals surface area contributed by atoms with Crippen molar-refractivity contribution in [2.75, 3.05) is 25.6 Å². The van der Waals surface area contributed by atoms with Gasteiger partial charge >= 0.3 is 6.03 Å². The maximum absolute atomic E-state index is 11.9. The number of hydrogen-bond donors (Lipinski definition) is 2. The Hall–Kier alpha value is -1.46. The van der Waals surface area contributed by atoms with Crippen molar-refractivity contribution in [1.82, 2.24) is 5.32 Å². The molecule has 0 radical (unpaired) electrons. The van der Waals surface area contributed by atoms with Gasteiger partial charge in [-0.15, -0.1) is 0 Å². The lowest BCUT2D eigenvalue weighted by atomic mass is 10.2. The molecule has 0 saturated carbocycles. The van der Waals surface area contributed by atoms with Crippen molar-refractivity contribution in [3.05, 3.63) is 22.7 Å². The van der Waals surface area contributed by atoms with E-state index in [1.807, 2.05) is 6.92 Å². The van der Waals surface area contributed by atoms with Crippen LogP contribution in [-0.4, -0.2) is 32.4 Å². The number of methoxy groups -OCH3 is 1. The summed E-state index contributed by atoms with van der Waals surface area (Å²) in [6.45, 7) is 3.12. The first kappa shape index (κ1) is 14.0. The van der Waals surface area contributed by atoms with E-state index < -0.39 is 0 Å². The Morgan fingerprint density at radius 2 is 2.32 bits per heavy atom. The zero-order valence-electron chi connectivity index (χ0n) is 11.0. The van der Waals surface area contributed by atoms with E-state index in [0.29, 0.717) is 29.7 Å². The quantitative estimate of drug-likeness (QED) is 0.897. The van der Waals surface area contributed by atoms with Gasteiger partial charge in [0.25, 0.3) is 0 Å². The number of carbonyl (C=O) groups excluding carboxylic acids is 1. The highest BCUT2D eigenvalue weighted by molar-refractivity contribution is 6.31. The molecule has 2 N–H and O–H groups in total. The largest absolute Gasteiger partial charge is 0.495 e. The van der Waals surface area contributed by atoms with Gasteiger partial charge in [-0.25, -0.2) is 4.79 Å². The first-order chi connectivity index (χ1) is 9.10. The monoisotopic (exact) mass is 284 g/mol. The zero-order valence-corrected chi connectivity index (χ0v) is 11.7. The van der Waals surface area contributed by atoms with Crippen LogP contribution in [-0.2, 0) is 4.74 Å². The average Bonchev–Trinajstić information content (AvgIpc) is 2.86. The molecular weight excluding hydrogens is 268 g/mol. The van der Waals surface area contributed by atoms with E-state index >= 15 is 0 Å². The topological polar surface area (TPSA) is 59.6 Å². The predicted molar refractivity (Wildman–Crippen MR) is 74.1 cm³/mol. The van der Waals surface area contributed by atoms with Crippen molar-refractivity contribution in [2.45, 2.75) is 19.4 Å². The highest BCUT2D eigenvalue weighted by atomic mass is 35.5. The Bertz CT molecular complexity index is 473. The SMILES string of the molecule is COc1cc(Cl)c(C)cc1NC(=O)NC1CCOC1. The molecule has 5 nitrogen and oxygen atoms in total. The van der Waals surface area contributed by atoms with Crippen molar-refractivity contribution in [2.24, 2.45) is 0 Å². The molecule has 19 heavy (non-hydrogen) atoms. The second kappa shape index (κ2) is 6.12. The fourth-order valence-electron chi connectivity index (χ4n) is 1.92. The van der Waals surface area contributed by atoms with Crippen molar-refractivity contribution < 1.29 is 14.3 Å². The third-order valence-corrected chi connectivity index (χ3v) is 3.40. The minimum atomic E-state index is -0.268. The Labute approximate surface area is 117 Å². The second-order valence-electron chi connectivity index (χ2n) is 4.46. The second-order valence-corrected chi connectivity index (χ2v) is 4.87. The normalized spacial score (nSPS) is 18.2. The minimum Gasteiger partial charge on any atom is -0.495 e. The Morgan fingerprint density at radius 1 is 1.53 bits per heavy atom. The van der Waals surface area contributed by atoms with Crippen LogP contribution in [0, 0.1) is 6.92 Å². The van der Waals surface area contributed by atoms with Crippen LogP contribution in [0.5, 0.6) is 5.75 Å². The summed E-state index contributed by atoms with van der Waals surface area (Å²) >= 11 is 6.01. The van der Waals surface area contributed by atoms with Crippen molar-refractivity contribution in [3.63, 3.8) is 0 Å². The van der Waals surface area contributed by atoms with Gasteiger partial charge in [0.05, 0.1) is 25.4 Å². The van der Waals surface area contributed by atoms with E-state index in [2.05, 4.69) is 10.6 Å². The number of urea groups is 1. The summed E-state index contributed by atoms with van der Waals surface area (Å²) < 4.78 is 10.4. The van der Waals surface area contributed by atoms with Gasteiger partial charge in [0.1, 0.15) is 5.75 Å². The molecule has 1 aliphatic heterocycles. The van der Waals surface area contributed by atoms with Gasteiger partial charge in [-0.1, -0.05) is 11.6 Å². The third-order valence-electron chi connectivity index (χ3n) is 2.99. The van der Waals surface area contributed by atoms with Gasteiger partial charge in [0.2, 0.25) is 0 Å². The van der Waals surface area contributed by atoms with Gasteiger partial charge in [0, 0.05) is 17.7 Å². The number of nitrogens with one attached hydrogen (secondary N) is 2. The van der Waals surface area contributed by atoms with Gasteiger partial charge < -0.3 is 20.1 Å². The maximum atomic E-state index is 11.9. The molecular formula is C13H17ClN2O3. The van der Waals surface area contributed by atoms with E-state index in [1.54, 1.807) is 12.1 Å². The Balaban J connectivity index is 2.04. The molecule has 2 rings (SSSR count). The Morgan fingerprint density at radius 3 is 2.95 bits per heavy atom. The van der Waals surface area contributed by atoms with E-state index in [4.69, 9.17) is 21.1 Å². The number of anilines is 1. The molecule has 104 valence electrons. The number of aryl methyl sites for hydroxylation is 1. The van der Waals surface area contributed by atoms with Crippen LogP contribution in [0.2, 0.25) is 5.02 Å². The molecule has 0 spiro atoms. The summed E-state index contributed by atoms with van der Waals surface area (Å²) in [5.41, 5.74) is 1.47. The summed E-state index contributed by atoms with van der Waals surface area (Å²) in [6.07, 6.45) is 0.838. The third kappa shape index (κ3) is 3.52. The minimum absolute atomic E-state index is 0.0689. The summed E-state index contributed by atoms with van der Waals surface area (Å²) in [4.78, 5) is 11.9. The summed E-state index contributed by atoms with van der Waals surface area (Å²) in [5.74, 6) is 0.536. The lowest BCUT2D eigenvalue weighted by molar-refractivity contribution is 0.189. The van der Waals surface area contributed by atoms with Gasteiger partial charge in [-0.2, -0.15) is 0 Å². The van der Waals surface area contributed by atoms with E-state index in [0.717, 1.165) is 12.0 Å². The summed E-state index contributed by atoms with van der Waals surface area (Å²) in [7, 11) is 1.54. The van der Waals surface area contributed by atoms with Crippen LogP contribution in [0.15, 0.2) is 12.1 Å². The molecule has 1 aromatic carbocycles. The highest BCUT2D eigenvalue weighted by Gasteiger charge is 2.18. The number of rotatable bonds is 3. The van der Waals surface area contributed by atoms with Crippen LogP contribution in [0.1, 0.15) is 12.0 Å². The molecule has 0 aliphatic carbocycles. The van der Waals surface area contributed by atoms with E-state index in [1.165, 1.54) is 7.11 Å². The lowest BCUT2D eigenvalue weighted by Crippen LogP contribution is -2.38. The van der Waals surface area contributed by atoms with Gasteiger partial charge in [0.15, 0.2) is 0 Å². The van der Waals surface area contributed by atoms with Crippen molar-refractivity contribution in [3.8, 4) is 5.75 Å². The van der Waals surface area contributed by atoms with Crippen LogP contribution < -0.4 is 15.4 Å². The predicted octanol–water partition coefficient (Wildman–Crippen LogP) is 2.57. The van der Waals surface area contributed by atoms with Crippen LogP contribution in [0.4, 0.5) is 10.5 Å². The molecule has 0 aromatic heterocycles. The standard InChI is InChI=1S/C13H17ClN2O3/c1-8-5-11(12(18-2)6-10(8)14)16-13(17)15-9-3-4-19-7-9/h5-6,9H,3-4,7H2,1-2H3,(H2,15,16,17). The molecule has 1 atom stereocenters. The maximum Gasteiger partial charge on any atom is 0.319 e. The van der Waals surface area contributed by atoms with Crippen LogP contribution >= 0.6 is 11.6 Å². The number of halogens is 1. The van der Waals surface area contributed by atoms with Crippen molar-refractivity contribution >= 4 is 23.3 Å². The fourth-order valence-corrected chi connectivity index (χ4v) is 2.08. The summed E-state index contributed by atoms with van der Waals surface area (Å²) in [6, 6.07) is 3.27. The molecule has 1 aromatic rings. The number of benzene rings is 1. The highest BCUT2D eigenvalue weighted by Crippen LogP contribution is 2.30. The molecule has 1 fully saturated rings. The number of ether oxygens (including phenoxy) is 2. The molecule has 1 saturated heterocycles. The molecule has 1 aliphatic rings. The first-order valence-electron chi connectivity index (χ1n) is 6.09. The number of hydrogen-bond acceptors (Lipinski definition) is 3. The average molecular weight is 285 g/mol. The first-order valence-corrected chi connectivity index (χ1v) is 6.47. The molecule has 1 heterocycles. The van der Waals surface area contributed by atoms with Crippen LogP contribution in [0.3, 0.4) is 0 Å². The molecule has 2 amide bonds. The van der Waals surface area contributed by atoms with Crippen LogP contribution in [0.25, 0.3) is 0 Å². The number of carbonyl (C=O) groups is 1. The summed E-state index contributed by atoms with van der Waals surface area (Å²) in [5, 5.41) is 6.22.